The van der Waals surface area contributed by atoms with Crippen molar-refractivity contribution in [2.45, 2.75) is 50.7 Å². The molecule has 0 spiro atoms. The lowest BCUT2D eigenvalue weighted by atomic mass is 9.90. The number of carbonyl (C=O) groups excluding carboxylic acids is 2. The largest absolute Gasteiger partial charge is 0.325 e. The lowest BCUT2D eigenvalue weighted by Gasteiger charge is -2.51. The molecule has 0 aliphatic carbocycles. The van der Waals surface area contributed by atoms with Gasteiger partial charge in [-0.3, -0.25) is 9.69 Å². The topological polar surface area (TPSA) is 61.2 Å². The molecular weight excluding hydrogens is 462 g/mol. The van der Waals surface area contributed by atoms with E-state index < -0.39 is 0 Å². The molecule has 0 radical (unpaired) electrons. The molecule has 0 saturated carbocycles. The molecule has 2 amide bonds. The Bertz CT molecular complexity index is 1230. The number of carbonyl (C=O) groups is 2. The van der Waals surface area contributed by atoms with Gasteiger partial charge in [0, 0.05) is 62.3 Å². The van der Waals surface area contributed by atoms with Crippen LogP contribution in [-0.2, 0) is 11.3 Å². The van der Waals surface area contributed by atoms with Gasteiger partial charge in [0.25, 0.3) is 0 Å². The summed E-state index contributed by atoms with van der Waals surface area (Å²) < 4.78 is 2.15. The number of Topliss-reactive ketones (excluding diaryl/α,β-unsaturated/α-hetero) is 1. The summed E-state index contributed by atoms with van der Waals surface area (Å²) >= 11 is 6.14. The first-order valence-corrected chi connectivity index (χ1v) is 13.0. The van der Waals surface area contributed by atoms with Crippen molar-refractivity contribution in [3.8, 4) is 11.3 Å². The van der Waals surface area contributed by atoms with E-state index in [1.807, 2.05) is 52.3 Å². The summed E-state index contributed by atoms with van der Waals surface area (Å²) in [4.78, 5) is 37.3. The fraction of sp³-hybridized carbons (Fsp3) is 0.444. The third kappa shape index (κ3) is 4.32. The third-order valence-electron chi connectivity index (χ3n) is 7.62. The molecule has 2 aromatic heterocycles. The van der Waals surface area contributed by atoms with Gasteiger partial charge in [-0.1, -0.05) is 29.8 Å². The van der Waals surface area contributed by atoms with E-state index in [0.29, 0.717) is 37.5 Å². The maximum atomic E-state index is 13.4. The number of urea groups is 1. The number of piperidine rings is 2. The molecule has 7 nitrogen and oxygen atoms in total. The normalized spacial score (nSPS) is 23.2. The Morgan fingerprint density at radius 2 is 1.69 bits per heavy atom. The monoisotopic (exact) mass is 491 g/mol. The maximum absolute atomic E-state index is 13.4. The van der Waals surface area contributed by atoms with E-state index in [4.69, 9.17) is 16.6 Å². The van der Waals surface area contributed by atoms with Crippen molar-refractivity contribution in [3.05, 3.63) is 59.4 Å². The molecule has 3 aromatic rings. The van der Waals surface area contributed by atoms with Crippen LogP contribution in [0.3, 0.4) is 0 Å². The number of pyridine rings is 1. The summed E-state index contributed by atoms with van der Waals surface area (Å²) in [7, 11) is 0. The van der Waals surface area contributed by atoms with E-state index in [0.717, 1.165) is 48.5 Å². The SMILES string of the molecule is O=C1CC2CN(Cc3c(-c4ccc(Cl)cc4)nc4ccccn34)CC(C1)N2C(=O)N1CCCCC1. The smallest absolute Gasteiger partial charge is 0.320 e. The highest BCUT2D eigenvalue weighted by molar-refractivity contribution is 6.30. The molecule has 3 saturated heterocycles. The highest BCUT2D eigenvalue weighted by atomic mass is 35.5. The zero-order valence-corrected chi connectivity index (χ0v) is 20.5. The highest BCUT2D eigenvalue weighted by Gasteiger charge is 2.44. The van der Waals surface area contributed by atoms with E-state index in [9.17, 15) is 9.59 Å². The molecule has 0 N–H and O–H groups in total. The van der Waals surface area contributed by atoms with Gasteiger partial charge in [-0.15, -0.1) is 0 Å². The second kappa shape index (κ2) is 9.28. The fourth-order valence-electron chi connectivity index (χ4n) is 6.02. The number of halogens is 1. The lowest BCUT2D eigenvalue weighted by molar-refractivity contribution is -0.127. The van der Waals surface area contributed by atoms with Gasteiger partial charge < -0.3 is 14.2 Å². The average molecular weight is 492 g/mol. The van der Waals surface area contributed by atoms with Crippen LogP contribution in [0, 0.1) is 0 Å². The molecule has 2 unspecified atom stereocenters. The lowest BCUT2D eigenvalue weighted by Crippen LogP contribution is -2.66. The Morgan fingerprint density at radius 1 is 0.971 bits per heavy atom. The summed E-state index contributed by atoms with van der Waals surface area (Å²) in [6.45, 7) is 3.76. The number of hydrogen-bond acceptors (Lipinski definition) is 4. The predicted octanol–water partition coefficient (Wildman–Crippen LogP) is 4.48. The first kappa shape index (κ1) is 22.6. The maximum Gasteiger partial charge on any atom is 0.320 e. The minimum absolute atomic E-state index is 0.0670. The third-order valence-corrected chi connectivity index (χ3v) is 7.87. The Kier molecular flexibility index (Phi) is 5.98. The molecule has 2 atom stereocenters. The number of nitrogens with zero attached hydrogens (tertiary/aromatic N) is 5. The van der Waals surface area contributed by atoms with E-state index in [1.165, 1.54) is 6.42 Å². The van der Waals surface area contributed by atoms with Crippen molar-refractivity contribution in [2.24, 2.45) is 0 Å². The Balaban J connectivity index is 1.28. The first-order chi connectivity index (χ1) is 17.1. The van der Waals surface area contributed by atoms with E-state index >= 15 is 0 Å². The second-order valence-corrected chi connectivity index (χ2v) is 10.5. The van der Waals surface area contributed by atoms with Crippen molar-refractivity contribution in [3.63, 3.8) is 0 Å². The Hall–Kier alpha value is -2.90. The van der Waals surface area contributed by atoms with Crippen LogP contribution in [0.2, 0.25) is 5.02 Å². The second-order valence-electron chi connectivity index (χ2n) is 10.0. The molecular formula is C27H30ClN5O2. The number of fused-ring (bicyclic) bond motifs is 3. The van der Waals surface area contributed by atoms with E-state index in [2.05, 4.69) is 15.5 Å². The summed E-state index contributed by atoms with van der Waals surface area (Å²) in [5.74, 6) is 0.277. The standard InChI is InChI=1S/C27H30ClN5O2/c28-20-9-7-19(8-10-20)26-24(32-13-5-2-6-25(32)29-26)18-30-16-21-14-23(34)15-22(17-30)33(21)27(35)31-11-3-1-4-12-31/h2,5-10,13,21-22H,1,3-4,11-12,14-18H2. The van der Waals surface area contributed by atoms with Crippen LogP contribution in [0.25, 0.3) is 16.9 Å². The molecule has 3 aliphatic rings. The van der Waals surface area contributed by atoms with Crippen LogP contribution in [0.5, 0.6) is 0 Å². The number of likely N-dealkylation sites (tertiary alicyclic amines) is 2. The van der Waals surface area contributed by atoms with Gasteiger partial charge in [0.2, 0.25) is 0 Å². The van der Waals surface area contributed by atoms with Crippen LogP contribution < -0.4 is 0 Å². The minimum Gasteiger partial charge on any atom is -0.325 e. The molecule has 35 heavy (non-hydrogen) atoms. The van der Waals surface area contributed by atoms with Crippen molar-refractivity contribution in [1.29, 1.82) is 0 Å². The zero-order chi connectivity index (χ0) is 23.9. The summed E-state index contributed by atoms with van der Waals surface area (Å²) in [6, 6.07) is 13.8. The van der Waals surface area contributed by atoms with Gasteiger partial charge in [0.15, 0.2) is 0 Å². The summed E-state index contributed by atoms with van der Waals surface area (Å²) in [6.07, 6.45) is 6.28. The van der Waals surface area contributed by atoms with Gasteiger partial charge >= 0.3 is 6.03 Å². The molecule has 8 heteroatoms. The molecule has 5 heterocycles. The molecule has 2 bridgehead atoms. The number of benzene rings is 1. The number of piperazine rings is 1. The number of aromatic nitrogens is 2. The molecule has 1 aromatic carbocycles. The molecule has 3 aliphatic heterocycles. The average Bonchev–Trinajstić information content (AvgIpc) is 3.22. The summed E-state index contributed by atoms with van der Waals surface area (Å²) in [5.41, 5.74) is 3.99. The number of rotatable bonds is 3. The van der Waals surface area contributed by atoms with Crippen molar-refractivity contribution >= 4 is 29.1 Å². The van der Waals surface area contributed by atoms with Crippen LogP contribution in [-0.4, -0.2) is 74.2 Å². The van der Waals surface area contributed by atoms with Crippen molar-refractivity contribution in [2.75, 3.05) is 26.2 Å². The predicted molar refractivity (Wildman–Crippen MR) is 135 cm³/mol. The van der Waals surface area contributed by atoms with E-state index in [1.54, 1.807) is 0 Å². The van der Waals surface area contributed by atoms with Crippen LogP contribution in [0.4, 0.5) is 4.79 Å². The van der Waals surface area contributed by atoms with Crippen molar-refractivity contribution in [1.82, 2.24) is 24.1 Å². The number of amides is 2. The first-order valence-electron chi connectivity index (χ1n) is 12.6. The molecule has 182 valence electrons. The van der Waals surface area contributed by atoms with Gasteiger partial charge in [-0.2, -0.15) is 0 Å². The van der Waals surface area contributed by atoms with Crippen LogP contribution in [0.1, 0.15) is 37.8 Å². The number of imidazole rings is 1. The Morgan fingerprint density at radius 3 is 2.40 bits per heavy atom. The zero-order valence-electron chi connectivity index (χ0n) is 19.8. The molecule has 6 rings (SSSR count). The van der Waals surface area contributed by atoms with Gasteiger partial charge in [-0.05, 0) is 43.5 Å². The van der Waals surface area contributed by atoms with Gasteiger partial charge in [0.05, 0.1) is 23.5 Å². The van der Waals surface area contributed by atoms with Crippen LogP contribution in [0.15, 0.2) is 48.7 Å². The van der Waals surface area contributed by atoms with Gasteiger partial charge in [0.1, 0.15) is 11.4 Å². The Labute approximate surface area is 210 Å². The van der Waals surface area contributed by atoms with Crippen LogP contribution >= 0.6 is 11.6 Å². The van der Waals surface area contributed by atoms with Gasteiger partial charge in [-0.25, -0.2) is 9.78 Å². The number of ketones is 1. The highest BCUT2D eigenvalue weighted by Crippen LogP contribution is 2.32. The summed E-state index contributed by atoms with van der Waals surface area (Å²) in [5, 5.41) is 0.700. The quantitative estimate of drug-likeness (QED) is 0.542. The number of hydrogen-bond donors (Lipinski definition) is 0. The fourth-order valence-corrected chi connectivity index (χ4v) is 6.14. The molecule has 3 fully saturated rings. The minimum atomic E-state index is -0.0670. The van der Waals surface area contributed by atoms with E-state index in [-0.39, 0.29) is 23.9 Å². The van der Waals surface area contributed by atoms with Crippen molar-refractivity contribution < 1.29 is 9.59 Å².